The quantitative estimate of drug-likeness (QED) is 0.254. The van der Waals surface area contributed by atoms with Gasteiger partial charge in [-0.1, -0.05) is 121 Å². The summed E-state index contributed by atoms with van der Waals surface area (Å²) >= 11 is 0. The number of hydrogen-bond donors (Lipinski definition) is 1. The maximum Gasteiger partial charge on any atom is 0.0754 e. The second kappa shape index (κ2) is 6.36. The van der Waals surface area contributed by atoms with E-state index >= 15 is 0 Å². The molecule has 1 aliphatic heterocycles. The molecule has 2 aliphatic rings. The van der Waals surface area contributed by atoms with Gasteiger partial charge in [-0.15, -0.1) is 0 Å². The Hall–Kier alpha value is -4.36. The van der Waals surface area contributed by atoms with Crippen molar-refractivity contribution in [1.82, 2.24) is 0 Å². The number of rotatable bonds is 0. The molecule has 0 aromatic heterocycles. The van der Waals surface area contributed by atoms with Crippen molar-refractivity contribution in [2.24, 2.45) is 0 Å². The zero-order valence-corrected chi connectivity index (χ0v) is 18.5. The van der Waals surface area contributed by atoms with Gasteiger partial charge >= 0.3 is 0 Å². The first kappa shape index (κ1) is 18.1. The molecule has 34 heavy (non-hydrogen) atoms. The summed E-state index contributed by atoms with van der Waals surface area (Å²) in [7, 11) is 0. The Labute approximate surface area is 198 Å². The Morgan fingerprint density at radius 1 is 0.382 bits per heavy atom. The molecule has 0 saturated heterocycles. The lowest BCUT2D eigenvalue weighted by atomic mass is 9.64. The molecule has 1 spiro atoms. The summed E-state index contributed by atoms with van der Waals surface area (Å²) in [6.45, 7) is 0. The average molecular weight is 432 g/mol. The first-order chi connectivity index (χ1) is 16.9. The Morgan fingerprint density at radius 2 is 0.824 bits per heavy atom. The van der Waals surface area contributed by atoms with Gasteiger partial charge in [0.1, 0.15) is 0 Å². The SMILES string of the molecule is c1ccc2c(c1)-c1ccccc1C21c2ccc3ccccc3c2Nc2c1ccc1ccccc21. The molecule has 158 valence electrons. The van der Waals surface area contributed by atoms with Gasteiger partial charge in [0.25, 0.3) is 0 Å². The fraction of sp³-hybridized carbons (Fsp3) is 0.0303. The molecule has 1 nitrogen and oxygen atoms in total. The minimum Gasteiger partial charge on any atom is -0.354 e. The summed E-state index contributed by atoms with van der Waals surface area (Å²) in [5, 5.41) is 8.98. The zero-order chi connectivity index (χ0) is 22.3. The van der Waals surface area contributed by atoms with Crippen LogP contribution in [0.25, 0.3) is 32.7 Å². The van der Waals surface area contributed by atoms with E-state index in [2.05, 4.69) is 127 Å². The maximum atomic E-state index is 3.94. The van der Waals surface area contributed by atoms with Crippen LogP contribution in [0.15, 0.2) is 121 Å². The van der Waals surface area contributed by atoms with Crippen LogP contribution in [0.4, 0.5) is 11.4 Å². The van der Waals surface area contributed by atoms with Crippen molar-refractivity contribution in [3.8, 4) is 11.1 Å². The van der Waals surface area contributed by atoms with Crippen LogP contribution in [0, 0.1) is 0 Å². The minimum absolute atomic E-state index is 0.364. The second-order valence-electron chi connectivity index (χ2n) is 9.38. The van der Waals surface area contributed by atoms with E-state index in [0.29, 0.717) is 0 Å². The third-order valence-electron chi connectivity index (χ3n) is 7.87. The molecule has 6 aromatic carbocycles. The molecule has 0 unspecified atom stereocenters. The van der Waals surface area contributed by atoms with Crippen LogP contribution in [0.5, 0.6) is 0 Å². The third kappa shape index (κ3) is 2.06. The Bertz CT molecular complexity index is 1660. The highest BCUT2D eigenvalue weighted by atomic mass is 14.9. The smallest absolute Gasteiger partial charge is 0.0754 e. The van der Waals surface area contributed by atoms with E-state index in [9.17, 15) is 0 Å². The van der Waals surface area contributed by atoms with Crippen LogP contribution in [0.1, 0.15) is 22.3 Å². The van der Waals surface area contributed by atoms with Crippen molar-refractivity contribution < 1.29 is 0 Å². The van der Waals surface area contributed by atoms with Gasteiger partial charge in [0.05, 0.1) is 16.8 Å². The highest BCUT2D eigenvalue weighted by Crippen LogP contribution is 2.62. The van der Waals surface area contributed by atoms with Crippen molar-refractivity contribution in [3.63, 3.8) is 0 Å². The van der Waals surface area contributed by atoms with Crippen molar-refractivity contribution >= 4 is 32.9 Å². The molecule has 0 fully saturated rings. The van der Waals surface area contributed by atoms with E-state index in [-0.39, 0.29) is 5.41 Å². The second-order valence-corrected chi connectivity index (χ2v) is 9.38. The molecule has 1 aliphatic carbocycles. The van der Waals surface area contributed by atoms with Crippen LogP contribution >= 0.6 is 0 Å². The molecule has 0 amide bonds. The van der Waals surface area contributed by atoms with Gasteiger partial charge in [-0.25, -0.2) is 0 Å². The van der Waals surface area contributed by atoms with E-state index in [1.54, 1.807) is 0 Å². The number of fused-ring (bicyclic) bond motifs is 13. The van der Waals surface area contributed by atoms with Gasteiger partial charge in [-0.05, 0) is 44.2 Å². The van der Waals surface area contributed by atoms with Crippen LogP contribution in [0.2, 0.25) is 0 Å². The van der Waals surface area contributed by atoms with E-state index in [0.717, 1.165) is 0 Å². The maximum absolute atomic E-state index is 3.94. The number of benzene rings is 6. The van der Waals surface area contributed by atoms with E-state index in [1.165, 1.54) is 66.3 Å². The zero-order valence-electron chi connectivity index (χ0n) is 18.5. The molecule has 1 N–H and O–H groups in total. The minimum atomic E-state index is -0.364. The molecule has 0 atom stereocenters. The summed E-state index contributed by atoms with van der Waals surface area (Å²) in [6, 6.07) is 44.7. The van der Waals surface area contributed by atoms with Gasteiger partial charge < -0.3 is 5.32 Å². The summed E-state index contributed by atoms with van der Waals surface area (Å²) in [4.78, 5) is 0. The Kier molecular flexibility index (Phi) is 3.39. The lowest BCUT2D eigenvalue weighted by Crippen LogP contribution is -2.33. The summed E-state index contributed by atoms with van der Waals surface area (Å²) < 4.78 is 0. The average Bonchev–Trinajstić information content (AvgIpc) is 3.20. The standard InChI is InChI=1S/C33H21N/c1-3-11-23-21(9-1)17-19-29-31(23)34-32-24-12-4-2-10-22(24)18-20-30(32)33(29)27-15-7-5-13-25(27)26-14-6-8-16-28(26)33/h1-20,34H. The predicted octanol–water partition coefficient (Wildman–Crippen LogP) is 8.41. The fourth-order valence-corrected chi connectivity index (χ4v) is 6.52. The van der Waals surface area contributed by atoms with Gasteiger partial charge in [0.15, 0.2) is 0 Å². The molecule has 0 radical (unpaired) electrons. The summed E-state index contributed by atoms with van der Waals surface area (Å²) in [6.07, 6.45) is 0. The lowest BCUT2D eigenvalue weighted by molar-refractivity contribution is 0.766. The van der Waals surface area contributed by atoms with Crippen LogP contribution in [-0.4, -0.2) is 0 Å². The Balaban J connectivity index is 1.63. The summed E-state index contributed by atoms with van der Waals surface area (Å²) in [5.74, 6) is 0. The van der Waals surface area contributed by atoms with Crippen molar-refractivity contribution in [2.75, 3.05) is 5.32 Å². The highest BCUT2D eigenvalue weighted by molar-refractivity contribution is 6.08. The number of nitrogens with one attached hydrogen (secondary N) is 1. The van der Waals surface area contributed by atoms with Gasteiger partial charge in [-0.3, -0.25) is 0 Å². The Morgan fingerprint density at radius 3 is 1.35 bits per heavy atom. The van der Waals surface area contributed by atoms with Crippen LogP contribution in [0.3, 0.4) is 0 Å². The predicted molar refractivity (Wildman–Crippen MR) is 142 cm³/mol. The fourth-order valence-electron chi connectivity index (χ4n) is 6.52. The third-order valence-corrected chi connectivity index (χ3v) is 7.87. The van der Waals surface area contributed by atoms with Crippen molar-refractivity contribution in [2.45, 2.75) is 5.41 Å². The largest absolute Gasteiger partial charge is 0.354 e. The summed E-state index contributed by atoms with van der Waals surface area (Å²) in [5.41, 5.74) is 10.1. The van der Waals surface area contributed by atoms with E-state index < -0.39 is 0 Å². The van der Waals surface area contributed by atoms with Crippen LogP contribution < -0.4 is 5.32 Å². The molecule has 1 heteroatoms. The van der Waals surface area contributed by atoms with Gasteiger partial charge in [0, 0.05) is 10.8 Å². The van der Waals surface area contributed by atoms with E-state index in [4.69, 9.17) is 0 Å². The van der Waals surface area contributed by atoms with E-state index in [1.807, 2.05) is 0 Å². The highest BCUT2D eigenvalue weighted by Gasteiger charge is 2.50. The topological polar surface area (TPSA) is 12.0 Å². The van der Waals surface area contributed by atoms with Crippen LogP contribution in [-0.2, 0) is 5.41 Å². The molecule has 1 heterocycles. The van der Waals surface area contributed by atoms with Gasteiger partial charge in [0.2, 0.25) is 0 Å². The first-order valence-electron chi connectivity index (χ1n) is 11.9. The molecule has 0 saturated carbocycles. The lowest BCUT2D eigenvalue weighted by Gasteiger charge is -2.41. The number of anilines is 2. The first-order valence-corrected chi connectivity index (χ1v) is 11.9. The molecular weight excluding hydrogens is 410 g/mol. The number of hydrogen-bond acceptors (Lipinski definition) is 1. The van der Waals surface area contributed by atoms with Crippen molar-refractivity contribution in [1.29, 1.82) is 0 Å². The molecular formula is C33H21N. The molecule has 0 bridgehead atoms. The molecule has 6 aromatic rings. The van der Waals surface area contributed by atoms with Gasteiger partial charge in [-0.2, -0.15) is 0 Å². The normalized spacial score (nSPS) is 14.4. The molecule has 8 rings (SSSR count). The monoisotopic (exact) mass is 431 g/mol. The van der Waals surface area contributed by atoms with Crippen molar-refractivity contribution in [3.05, 3.63) is 144 Å².